The first-order valence-corrected chi connectivity index (χ1v) is 7.11. The molecule has 108 valence electrons. The fraction of sp³-hybridized carbons (Fsp3) is 0.429. The zero-order valence-electron chi connectivity index (χ0n) is 12.1. The van der Waals surface area contributed by atoms with Crippen LogP contribution in [0.4, 0.5) is 5.82 Å². The van der Waals surface area contributed by atoms with Crippen LogP contribution in [0.3, 0.4) is 0 Å². The summed E-state index contributed by atoms with van der Waals surface area (Å²) in [7, 11) is 1.96. The molecule has 1 atom stereocenters. The van der Waals surface area contributed by atoms with Crippen molar-refractivity contribution < 1.29 is 0 Å². The first-order valence-electron chi connectivity index (χ1n) is 7.11. The fourth-order valence-electron chi connectivity index (χ4n) is 3.03. The molecule has 0 saturated carbocycles. The van der Waals surface area contributed by atoms with Crippen molar-refractivity contribution in [3.63, 3.8) is 0 Å². The molecular formula is C14H17N7. The summed E-state index contributed by atoms with van der Waals surface area (Å²) in [5.74, 6) is 2.25. The molecule has 4 rings (SSSR count). The van der Waals surface area contributed by atoms with Crippen molar-refractivity contribution in [2.24, 2.45) is 7.05 Å². The highest BCUT2D eigenvalue weighted by Crippen LogP contribution is 2.30. The molecule has 3 aromatic rings. The van der Waals surface area contributed by atoms with E-state index in [-0.39, 0.29) is 0 Å². The maximum absolute atomic E-state index is 4.40. The van der Waals surface area contributed by atoms with Gasteiger partial charge in [0.2, 0.25) is 0 Å². The van der Waals surface area contributed by atoms with Crippen LogP contribution < -0.4 is 4.90 Å². The second kappa shape index (κ2) is 4.54. The highest BCUT2D eigenvalue weighted by molar-refractivity contribution is 5.48. The summed E-state index contributed by atoms with van der Waals surface area (Å²) < 4.78 is 3.68. The molecule has 1 fully saturated rings. The van der Waals surface area contributed by atoms with Gasteiger partial charge in [-0.1, -0.05) is 0 Å². The number of rotatable bonds is 2. The Bertz CT molecular complexity index is 788. The van der Waals surface area contributed by atoms with Crippen molar-refractivity contribution in [3.8, 4) is 0 Å². The van der Waals surface area contributed by atoms with E-state index in [1.54, 1.807) is 6.33 Å². The van der Waals surface area contributed by atoms with Gasteiger partial charge in [-0.25, -0.2) is 4.98 Å². The zero-order chi connectivity index (χ0) is 14.4. The average Bonchev–Trinajstić information content (AvgIpc) is 3.15. The van der Waals surface area contributed by atoms with E-state index in [2.05, 4.69) is 37.3 Å². The average molecular weight is 283 g/mol. The van der Waals surface area contributed by atoms with Crippen LogP contribution in [0.1, 0.15) is 23.6 Å². The minimum absolute atomic E-state index is 0.519. The van der Waals surface area contributed by atoms with Crippen molar-refractivity contribution in [3.05, 3.63) is 36.0 Å². The van der Waals surface area contributed by atoms with Crippen LogP contribution in [0.15, 0.2) is 24.8 Å². The molecule has 7 heteroatoms. The summed E-state index contributed by atoms with van der Waals surface area (Å²) in [6.07, 6.45) is 6.76. The summed E-state index contributed by atoms with van der Waals surface area (Å²) in [5.41, 5.74) is 2.27. The minimum Gasteiger partial charge on any atom is -0.356 e. The van der Waals surface area contributed by atoms with Crippen molar-refractivity contribution >= 4 is 11.6 Å². The Kier molecular flexibility index (Phi) is 2.66. The van der Waals surface area contributed by atoms with Crippen LogP contribution in [0.2, 0.25) is 0 Å². The number of fused-ring (bicyclic) bond motifs is 1. The Morgan fingerprint density at radius 3 is 3.00 bits per heavy atom. The molecule has 4 heterocycles. The Morgan fingerprint density at radius 1 is 1.29 bits per heavy atom. The van der Waals surface area contributed by atoms with Crippen LogP contribution in [0, 0.1) is 6.92 Å². The van der Waals surface area contributed by atoms with Gasteiger partial charge in [0, 0.05) is 44.0 Å². The lowest BCUT2D eigenvalue weighted by molar-refractivity contribution is 0.753. The van der Waals surface area contributed by atoms with Crippen molar-refractivity contribution in [1.29, 1.82) is 0 Å². The van der Waals surface area contributed by atoms with Crippen molar-refractivity contribution in [2.45, 2.75) is 19.3 Å². The molecule has 7 nitrogen and oxygen atoms in total. The van der Waals surface area contributed by atoms with E-state index in [1.165, 1.54) is 5.56 Å². The molecule has 1 unspecified atom stereocenters. The van der Waals surface area contributed by atoms with Crippen LogP contribution >= 0.6 is 0 Å². The smallest absolute Gasteiger partial charge is 0.254 e. The predicted molar refractivity (Wildman–Crippen MR) is 78.3 cm³/mol. The lowest BCUT2D eigenvalue weighted by Gasteiger charge is -2.19. The van der Waals surface area contributed by atoms with E-state index in [0.29, 0.717) is 11.7 Å². The number of anilines is 1. The normalized spacial score (nSPS) is 18.8. The summed E-state index contributed by atoms with van der Waals surface area (Å²) >= 11 is 0. The molecule has 1 saturated heterocycles. The molecule has 0 bridgehead atoms. The predicted octanol–water partition coefficient (Wildman–Crippen LogP) is 1.16. The lowest BCUT2D eigenvalue weighted by atomic mass is 10.0. The van der Waals surface area contributed by atoms with Gasteiger partial charge in [0.15, 0.2) is 0 Å². The highest BCUT2D eigenvalue weighted by atomic mass is 15.4. The topological polar surface area (TPSA) is 64.1 Å². The molecule has 1 aliphatic rings. The van der Waals surface area contributed by atoms with E-state index in [4.69, 9.17) is 0 Å². The Labute approximate surface area is 122 Å². The number of aromatic nitrogens is 6. The van der Waals surface area contributed by atoms with E-state index in [1.807, 2.05) is 29.4 Å². The van der Waals surface area contributed by atoms with Crippen molar-refractivity contribution in [2.75, 3.05) is 18.0 Å². The first kappa shape index (κ1) is 12.3. The summed E-state index contributed by atoms with van der Waals surface area (Å²) in [4.78, 5) is 10.9. The quantitative estimate of drug-likeness (QED) is 0.706. The van der Waals surface area contributed by atoms with Crippen LogP contribution in [-0.4, -0.2) is 42.5 Å². The van der Waals surface area contributed by atoms with Gasteiger partial charge >= 0.3 is 0 Å². The fourth-order valence-corrected chi connectivity index (χ4v) is 3.03. The van der Waals surface area contributed by atoms with Crippen LogP contribution in [-0.2, 0) is 7.05 Å². The van der Waals surface area contributed by atoms with Crippen LogP contribution in [0.5, 0.6) is 0 Å². The molecule has 0 N–H and O–H groups in total. The summed E-state index contributed by atoms with van der Waals surface area (Å²) in [6, 6.07) is 2.08. The van der Waals surface area contributed by atoms with E-state index in [9.17, 15) is 0 Å². The molecule has 0 aliphatic carbocycles. The maximum atomic E-state index is 4.40. The van der Waals surface area contributed by atoms with Gasteiger partial charge in [-0.2, -0.15) is 19.7 Å². The summed E-state index contributed by atoms with van der Waals surface area (Å²) in [5, 5.41) is 8.57. The van der Waals surface area contributed by atoms with Gasteiger partial charge < -0.3 is 4.90 Å². The van der Waals surface area contributed by atoms with Crippen molar-refractivity contribution in [1.82, 2.24) is 29.4 Å². The molecule has 0 aromatic carbocycles. The van der Waals surface area contributed by atoms with Crippen LogP contribution in [0.25, 0.3) is 5.78 Å². The molecular weight excluding hydrogens is 266 g/mol. The van der Waals surface area contributed by atoms with E-state index < -0.39 is 0 Å². The van der Waals surface area contributed by atoms with Gasteiger partial charge in [0.05, 0.1) is 6.20 Å². The molecule has 3 aromatic heterocycles. The van der Waals surface area contributed by atoms with Gasteiger partial charge in [0.25, 0.3) is 5.78 Å². The Hall–Kier alpha value is -2.44. The highest BCUT2D eigenvalue weighted by Gasteiger charge is 2.27. The standard InChI is InChI=1S/C14H17N7/c1-10-5-13(21-14(18-10)15-9-17-21)20-4-3-11(8-20)12-6-16-19(2)7-12/h5-7,9,11H,3-4,8H2,1-2H3. The lowest BCUT2D eigenvalue weighted by Crippen LogP contribution is -2.22. The molecule has 0 amide bonds. The van der Waals surface area contributed by atoms with Gasteiger partial charge in [0.1, 0.15) is 12.1 Å². The second-order valence-corrected chi connectivity index (χ2v) is 5.61. The molecule has 1 aliphatic heterocycles. The largest absolute Gasteiger partial charge is 0.356 e. The first-order chi connectivity index (χ1) is 10.2. The Morgan fingerprint density at radius 2 is 2.19 bits per heavy atom. The third-order valence-electron chi connectivity index (χ3n) is 4.07. The zero-order valence-corrected chi connectivity index (χ0v) is 12.1. The molecule has 21 heavy (non-hydrogen) atoms. The SMILES string of the molecule is Cc1cc(N2CCC(c3cnn(C)c3)C2)n2ncnc2n1. The number of hydrogen-bond acceptors (Lipinski definition) is 5. The summed E-state index contributed by atoms with van der Waals surface area (Å²) in [6.45, 7) is 3.98. The second-order valence-electron chi connectivity index (χ2n) is 5.61. The van der Waals surface area contributed by atoms with E-state index in [0.717, 1.165) is 31.0 Å². The monoisotopic (exact) mass is 283 g/mol. The third-order valence-corrected chi connectivity index (χ3v) is 4.07. The number of aryl methyl sites for hydroxylation is 2. The van der Waals surface area contributed by atoms with Gasteiger partial charge in [-0.3, -0.25) is 4.68 Å². The minimum atomic E-state index is 0.519. The van der Waals surface area contributed by atoms with Gasteiger partial charge in [-0.15, -0.1) is 0 Å². The maximum Gasteiger partial charge on any atom is 0.254 e. The number of hydrogen-bond donors (Lipinski definition) is 0. The molecule has 0 spiro atoms. The Balaban J connectivity index is 1.66. The third kappa shape index (κ3) is 2.05. The van der Waals surface area contributed by atoms with Gasteiger partial charge in [-0.05, 0) is 18.9 Å². The molecule has 0 radical (unpaired) electrons. The van der Waals surface area contributed by atoms with E-state index >= 15 is 0 Å². The number of nitrogens with zero attached hydrogens (tertiary/aromatic N) is 7.